The number of methoxy groups -OCH3 is 2. The summed E-state index contributed by atoms with van der Waals surface area (Å²) in [5.74, 6) is 2.41. The van der Waals surface area contributed by atoms with Crippen LogP contribution in [-0.4, -0.2) is 55.5 Å². The number of rotatable bonds is 12. The first-order valence-electron chi connectivity index (χ1n) is 11.9. The van der Waals surface area contributed by atoms with Crippen molar-refractivity contribution in [3.8, 4) is 11.5 Å². The number of carbonyl (C=O) groups excluding carboxylic acids is 2. The van der Waals surface area contributed by atoms with Crippen molar-refractivity contribution < 1.29 is 23.5 Å². The molecule has 0 fully saturated rings. The Kier molecular flexibility index (Phi) is 9.82. The number of aryl methyl sites for hydroxylation is 1. The van der Waals surface area contributed by atoms with Crippen LogP contribution in [0.3, 0.4) is 0 Å². The average molecular weight is 513 g/mol. The van der Waals surface area contributed by atoms with Gasteiger partial charge < -0.3 is 23.7 Å². The van der Waals surface area contributed by atoms with Crippen molar-refractivity contribution in [2.45, 2.75) is 33.2 Å². The van der Waals surface area contributed by atoms with E-state index in [1.54, 1.807) is 48.3 Å². The van der Waals surface area contributed by atoms with Crippen LogP contribution in [0.2, 0.25) is 5.02 Å². The molecule has 8 heteroatoms. The van der Waals surface area contributed by atoms with Crippen molar-refractivity contribution in [3.63, 3.8) is 0 Å². The third-order valence-corrected chi connectivity index (χ3v) is 6.06. The topological polar surface area (TPSA) is 72.2 Å². The zero-order chi connectivity index (χ0) is 26.1. The second-order valence-electron chi connectivity index (χ2n) is 8.50. The van der Waals surface area contributed by atoms with E-state index < -0.39 is 0 Å². The van der Waals surface area contributed by atoms with Gasteiger partial charge in [0, 0.05) is 23.7 Å². The number of furan rings is 1. The van der Waals surface area contributed by atoms with E-state index in [0.29, 0.717) is 53.9 Å². The summed E-state index contributed by atoms with van der Waals surface area (Å²) in [4.78, 5) is 30.0. The molecule has 2 amide bonds. The predicted octanol–water partition coefficient (Wildman–Crippen LogP) is 5.38. The second kappa shape index (κ2) is 13.0. The van der Waals surface area contributed by atoms with E-state index in [2.05, 4.69) is 0 Å². The highest BCUT2D eigenvalue weighted by Gasteiger charge is 2.23. The molecule has 0 aliphatic heterocycles. The molecule has 7 nitrogen and oxygen atoms in total. The number of benzene rings is 2. The van der Waals surface area contributed by atoms with Crippen LogP contribution in [0.1, 0.15) is 40.8 Å². The Labute approximate surface area is 217 Å². The summed E-state index contributed by atoms with van der Waals surface area (Å²) >= 11 is 5.97. The fourth-order valence-corrected chi connectivity index (χ4v) is 4.04. The Hall–Kier alpha value is -3.45. The van der Waals surface area contributed by atoms with E-state index in [4.69, 9.17) is 25.5 Å². The molecule has 0 N–H and O–H groups in total. The van der Waals surface area contributed by atoms with Crippen molar-refractivity contribution in [1.82, 2.24) is 9.80 Å². The van der Waals surface area contributed by atoms with Gasteiger partial charge in [0.15, 0.2) is 11.5 Å². The van der Waals surface area contributed by atoms with Gasteiger partial charge in [-0.25, -0.2) is 0 Å². The molecule has 3 aromatic rings. The fraction of sp³-hybridized carbons (Fsp3) is 0.357. The van der Waals surface area contributed by atoms with Gasteiger partial charge in [-0.15, -0.1) is 0 Å². The van der Waals surface area contributed by atoms with E-state index in [-0.39, 0.29) is 18.4 Å². The molecule has 36 heavy (non-hydrogen) atoms. The average Bonchev–Trinajstić information content (AvgIpc) is 3.30. The molecule has 1 heterocycles. The molecule has 0 saturated heterocycles. The fourth-order valence-electron chi connectivity index (χ4n) is 3.91. The quantitative estimate of drug-likeness (QED) is 0.325. The van der Waals surface area contributed by atoms with Gasteiger partial charge in [0.1, 0.15) is 18.1 Å². The Morgan fingerprint density at radius 2 is 1.64 bits per heavy atom. The number of hydrogen-bond acceptors (Lipinski definition) is 5. The molecule has 1 aromatic heterocycles. The van der Waals surface area contributed by atoms with Gasteiger partial charge in [-0.1, -0.05) is 24.6 Å². The normalized spacial score (nSPS) is 10.7. The number of ether oxygens (including phenoxy) is 2. The third kappa shape index (κ3) is 7.28. The van der Waals surface area contributed by atoms with Crippen LogP contribution in [0.5, 0.6) is 11.5 Å². The molecule has 3 rings (SSSR count). The summed E-state index contributed by atoms with van der Waals surface area (Å²) in [5.41, 5.74) is 1.50. The summed E-state index contributed by atoms with van der Waals surface area (Å²) in [6.07, 6.45) is 1.33. The molecule has 0 atom stereocenters. The number of halogens is 1. The molecule has 0 bridgehead atoms. The summed E-state index contributed by atoms with van der Waals surface area (Å²) in [7, 11) is 3.19. The number of amides is 2. The maximum absolute atomic E-state index is 13.5. The molecule has 0 radical (unpaired) electrons. The number of carbonyl (C=O) groups is 2. The van der Waals surface area contributed by atoms with Gasteiger partial charge in [0.2, 0.25) is 5.91 Å². The minimum Gasteiger partial charge on any atom is -0.493 e. The lowest BCUT2D eigenvalue weighted by atomic mass is 10.1. The summed E-state index contributed by atoms with van der Waals surface area (Å²) < 4.78 is 16.5. The molecule has 0 aliphatic carbocycles. The highest BCUT2D eigenvalue weighted by Crippen LogP contribution is 2.28. The van der Waals surface area contributed by atoms with E-state index in [0.717, 1.165) is 17.7 Å². The van der Waals surface area contributed by atoms with Gasteiger partial charge >= 0.3 is 0 Å². The number of nitrogens with zero attached hydrogens (tertiary/aromatic N) is 2. The first-order chi connectivity index (χ1) is 17.3. The maximum Gasteiger partial charge on any atom is 0.254 e. The molecule has 0 saturated carbocycles. The van der Waals surface area contributed by atoms with Crippen LogP contribution in [0.15, 0.2) is 59.0 Å². The van der Waals surface area contributed by atoms with E-state index in [9.17, 15) is 9.59 Å². The lowest BCUT2D eigenvalue weighted by molar-refractivity contribution is -0.132. The lowest BCUT2D eigenvalue weighted by Crippen LogP contribution is -2.43. The van der Waals surface area contributed by atoms with Crippen LogP contribution >= 0.6 is 11.6 Å². The molecular formula is C28H33ClN2O5. The smallest absolute Gasteiger partial charge is 0.254 e. The van der Waals surface area contributed by atoms with Crippen LogP contribution in [0.25, 0.3) is 0 Å². The zero-order valence-corrected chi connectivity index (χ0v) is 22.0. The van der Waals surface area contributed by atoms with Crippen molar-refractivity contribution in [1.29, 1.82) is 0 Å². The molecule has 192 valence electrons. The Balaban J connectivity index is 1.77. The van der Waals surface area contributed by atoms with Gasteiger partial charge in [0.05, 0.1) is 20.8 Å². The van der Waals surface area contributed by atoms with Crippen molar-refractivity contribution in [2.24, 2.45) is 0 Å². The molecular weight excluding hydrogens is 480 g/mol. The summed E-state index contributed by atoms with van der Waals surface area (Å²) in [6.45, 7) is 5.05. The van der Waals surface area contributed by atoms with Gasteiger partial charge in [0.25, 0.3) is 5.91 Å². The van der Waals surface area contributed by atoms with Crippen LogP contribution in [-0.2, 0) is 17.8 Å². The first-order valence-corrected chi connectivity index (χ1v) is 12.3. The number of hydrogen-bond donors (Lipinski definition) is 0. The van der Waals surface area contributed by atoms with Crippen LogP contribution < -0.4 is 9.47 Å². The van der Waals surface area contributed by atoms with Gasteiger partial charge in [-0.2, -0.15) is 0 Å². The molecule has 2 aromatic carbocycles. The standard InChI is InChI=1S/C28H33ClN2O5/c1-5-15-31(28(33)22-8-10-23(29)11-9-22)19-27(32)30(18-24-12-6-20(2)36-24)16-14-21-7-13-25(34-3)26(17-21)35-4/h6-13,17H,5,14-16,18-19H2,1-4H3. The molecule has 0 unspecified atom stereocenters. The van der Waals surface area contributed by atoms with Crippen molar-refractivity contribution in [3.05, 3.63) is 82.3 Å². The molecule has 0 aliphatic rings. The molecule has 0 spiro atoms. The SMILES string of the molecule is CCCN(CC(=O)N(CCc1ccc(OC)c(OC)c1)Cc1ccc(C)o1)C(=O)c1ccc(Cl)cc1. The maximum atomic E-state index is 13.5. The Morgan fingerprint density at radius 1 is 0.917 bits per heavy atom. The highest BCUT2D eigenvalue weighted by molar-refractivity contribution is 6.30. The van der Waals surface area contributed by atoms with Gasteiger partial charge in [-0.05, 0) is 73.9 Å². The third-order valence-electron chi connectivity index (χ3n) is 5.81. The van der Waals surface area contributed by atoms with Crippen LogP contribution in [0.4, 0.5) is 0 Å². The van der Waals surface area contributed by atoms with Crippen molar-refractivity contribution in [2.75, 3.05) is 33.9 Å². The minimum absolute atomic E-state index is 0.0269. The minimum atomic E-state index is -0.199. The van der Waals surface area contributed by atoms with E-state index >= 15 is 0 Å². The summed E-state index contributed by atoms with van der Waals surface area (Å²) in [6, 6.07) is 16.2. The lowest BCUT2D eigenvalue weighted by Gasteiger charge is -2.27. The van der Waals surface area contributed by atoms with Crippen LogP contribution in [0, 0.1) is 6.92 Å². The largest absolute Gasteiger partial charge is 0.493 e. The van der Waals surface area contributed by atoms with Gasteiger partial charge in [-0.3, -0.25) is 9.59 Å². The Bertz CT molecular complexity index is 1160. The van der Waals surface area contributed by atoms with E-state index in [1.165, 1.54) is 0 Å². The zero-order valence-electron chi connectivity index (χ0n) is 21.3. The first kappa shape index (κ1) is 27.1. The van der Waals surface area contributed by atoms with E-state index in [1.807, 2.05) is 44.2 Å². The highest BCUT2D eigenvalue weighted by atomic mass is 35.5. The second-order valence-corrected chi connectivity index (χ2v) is 8.94. The summed E-state index contributed by atoms with van der Waals surface area (Å²) in [5, 5.41) is 0.555. The van der Waals surface area contributed by atoms with Crippen molar-refractivity contribution >= 4 is 23.4 Å². The predicted molar refractivity (Wildman–Crippen MR) is 140 cm³/mol. The Morgan fingerprint density at radius 3 is 2.25 bits per heavy atom. The monoisotopic (exact) mass is 512 g/mol.